The second-order valence-corrected chi connectivity index (χ2v) is 17.0. The van der Waals surface area contributed by atoms with Gasteiger partial charge in [-0.1, -0.05) is 43.5 Å². The Hall–Kier alpha value is -2.05. The predicted octanol–water partition coefficient (Wildman–Crippen LogP) is 9.23. The van der Waals surface area contributed by atoms with Crippen LogP contribution in [0.3, 0.4) is 0 Å². The maximum Gasteiger partial charge on any atom is 0.353 e. The first-order valence-electron chi connectivity index (χ1n) is 13.2. The van der Waals surface area contributed by atoms with Crippen molar-refractivity contribution in [1.82, 2.24) is 5.32 Å². The first-order valence-corrected chi connectivity index (χ1v) is 17.7. The number of ether oxygens (including phenoxy) is 2. The summed E-state index contributed by atoms with van der Waals surface area (Å²) >= 11 is 14.4. The van der Waals surface area contributed by atoms with Gasteiger partial charge in [0.25, 0.3) is 0 Å². The zero-order valence-electron chi connectivity index (χ0n) is 24.9. The number of carbonyl (C=O) groups is 3. The Morgan fingerprint density at radius 1 is 0.932 bits per heavy atom. The van der Waals surface area contributed by atoms with E-state index in [4.69, 9.17) is 30.1 Å². The van der Waals surface area contributed by atoms with Crippen LogP contribution in [0.15, 0.2) is 56.9 Å². The van der Waals surface area contributed by atoms with Crippen molar-refractivity contribution in [3.63, 3.8) is 0 Å². The van der Waals surface area contributed by atoms with Gasteiger partial charge in [-0.15, -0.1) is 11.3 Å². The summed E-state index contributed by atoms with van der Waals surface area (Å²) in [5, 5.41) is 5.26. The van der Waals surface area contributed by atoms with Crippen LogP contribution in [0.4, 0.5) is 0 Å². The second kappa shape index (κ2) is 15.0. The van der Waals surface area contributed by atoms with Crippen LogP contribution in [0.1, 0.15) is 58.3 Å². The number of halogens is 3. The van der Waals surface area contributed by atoms with Crippen molar-refractivity contribution < 1.29 is 37.5 Å². The lowest BCUT2D eigenvalue weighted by atomic mass is 9.98. The summed E-state index contributed by atoms with van der Waals surface area (Å²) in [7, 11) is -4.59. The largest absolute Gasteiger partial charge is 0.438 e. The molecule has 3 aromatic rings. The normalized spacial score (nSPS) is 13.2. The van der Waals surface area contributed by atoms with E-state index in [0.717, 1.165) is 19.2 Å². The molecule has 14 heteroatoms. The fourth-order valence-electron chi connectivity index (χ4n) is 3.58. The molecule has 1 unspecified atom stereocenters. The third-order valence-corrected chi connectivity index (χ3v) is 10.1. The Kier molecular flexibility index (Phi) is 12.4. The number of nitrogens with one attached hydrogen (secondary N) is 1. The van der Waals surface area contributed by atoms with Gasteiger partial charge >= 0.3 is 19.5 Å². The van der Waals surface area contributed by atoms with Gasteiger partial charge in [-0.05, 0) is 106 Å². The quantitative estimate of drug-likeness (QED) is 0.116. The smallest absolute Gasteiger partial charge is 0.353 e. The average Bonchev–Trinajstić information content (AvgIpc) is 3.29. The highest BCUT2D eigenvalue weighted by atomic mass is 79.9. The zero-order chi connectivity index (χ0) is 32.9. The molecule has 0 saturated carbocycles. The minimum Gasteiger partial charge on any atom is -0.438 e. The molecule has 0 saturated heterocycles. The fourth-order valence-corrected chi connectivity index (χ4v) is 7.84. The van der Waals surface area contributed by atoms with Crippen molar-refractivity contribution in [1.29, 1.82) is 0 Å². The monoisotopic (exact) mass is 791 g/mol. The average molecular weight is 794 g/mol. The first kappa shape index (κ1) is 36.4. The minimum absolute atomic E-state index is 0.302. The molecule has 1 heterocycles. The number of esters is 2. The van der Waals surface area contributed by atoms with Crippen LogP contribution in [0, 0.1) is 10.8 Å². The first-order chi connectivity index (χ1) is 20.4. The summed E-state index contributed by atoms with van der Waals surface area (Å²) in [6.07, 6.45) is 3.05. The van der Waals surface area contributed by atoms with Crippen molar-refractivity contribution in [3.8, 4) is 0 Å². The van der Waals surface area contributed by atoms with E-state index >= 15 is 0 Å². The summed E-state index contributed by atoms with van der Waals surface area (Å²) < 4.78 is 38.7. The van der Waals surface area contributed by atoms with Gasteiger partial charge in [-0.25, -0.2) is 0 Å². The maximum atomic E-state index is 14.6. The molecule has 1 amide bonds. The Morgan fingerprint density at radius 2 is 1.48 bits per heavy atom. The van der Waals surface area contributed by atoms with Crippen LogP contribution < -0.4 is 5.32 Å². The Labute approximate surface area is 282 Å². The Morgan fingerprint density at radius 3 is 2.00 bits per heavy atom. The third-order valence-electron chi connectivity index (χ3n) is 5.88. The standard InChI is InChI=1S/C30H33Br2ClNO8PS/c1-29(2,3)27(36)39-16-41-43(38,42-17-40-28(37)30(4,5)6)25(23-15-44-24-8-7-21(33)14-22(23)24)26(35)34-10-9-18-11-19(31)13-20(32)12-18/h7-15,25H,16-17H2,1-6H3,(H,34,35)/b10-9+. The van der Waals surface area contributed by atoms with E-state index in [9.17, 15) is 18.9 Å². The third kappa shape index (κ3) is 9.97. The highest BCUT2D eigenvalue weighted by molar-refractivity contribution is 9.11. The number of rotatable bonds is 11. The molecule has 0 fully saturated rings. The Bertz CT molecular complexity index is 1560. The van der Waals surface area contributed by atoms with E-state index in [1.807, 2.05) is 18.2 Å². The molecule has 0 spiro atoms. The number of hydrogen-bond donors (Lipinski definition) is 1. The van der Waals surface area contributed by atoms with Crippen molar-refractivity contribution in [2.24, 2.45) is 10.8 Å². The summed E-state index contributed by atoms with van der Waals surface area (Å²) in [4.78, 5) is 38.7. The number of fused-ring (bicyclic) bond motifs is 1. The van der Waals surface area contributed by atoms with Crippen molar-refractivity contribution in [3.05, 3.63) is 73.1 Å². The molecule has 2 aromatic carbocycles. The van der Waals surface area contributed by atoms with Gasteiger partial charge in [0, 0.05) is 24.9 Å². The van der Waals surface area contributed by atoms with E-state index in [0.29, 0.717) is 16.0 Å². The summed E-state index contributed by atoms with van der Waals surface area (Å²) in [5.74, 6) is -2.00. The Balaban J connectivity index is 2.03. The zero-order valence-corrected chi connectivity index (χ0v) is 30.6. The molecule has 1 atom stereocenters. The SMILES string of the molecule is CC(C)(C)C(=O)OCOP(=O)(OCOC(=O)C(C)(C)C)C(C(=O)N/C=C/c1cc(Br)cc(Br)c1)c1csc2ccc(Cl)cc12. The van der Waals surface area contributed by atoms with Crippen LogP contribution in [-0.4, -0.2) is 31.4 Å². The number of carbonyl (C=O) groups excluding carboxylic acids is 3. The molecule has 3 rings (SSSR count). The lowest BCUT2D eigenvalue weighted by Gasteiger charge is -2.27. The van der Waals surface area contributed by atoms with Gasteiger partial charge in [0.2, 0.25) is 19.5 Å². The molecule has 0 aliphatic carbocycles. The molecule has 44 heavy (non-hydrogen) atoms. The highest BCUT2D eigenvalue weighted by Gasteiger charge is 2.45. The molecule has 9 nitrogen and oxygen atoms in total. The molecular weight excluding hydrogens is 761 g/mol. The fraction of sp³-hybridized carbons (Fsp3) is 0.367. The van der Waals surface area contributed by atoms with Gasteiger partial charge < -0.3 is 14.8 Å². The van der Waals surface area contributed by atoms with E-state index in [-0.39, 0.29) is 0 Å². The van der Waals surface area contributed by atoms with E-state index in [2.05, 4.69) is 37.2 Å². The predicted molar refractivity (Wildman–Crippen MR) is 179 cm³/mol. The van der Waals surface area contributed by atoms with Gasteiger partial charge in [0.1, 0.15) is 0 Å². The van der Waals surface area contributed by atoms with Crippen LogP contribution in [0.5, 0.6) is 0 Å². The molecular formula is C30H33Br2ClNO8PS. The maximum absolute atomic E-state index is 14.6. The minimum atomic E-state index is -4.59. The molecule has 0 bridgehead atoms. The van der Waals surface area contributed by atoms with Crippen LogP contribution in [0.2, 0.25) is 5.02 Å². The van der Waals surface area contributed by atoms with Crippen molar-refractivity contribution >= 4 is 96.4 Å². The molecule has 238 valence electrons. The highest BCUT2D eigenvalue weighted by Crippen LogP contribution is 2.62. The molecule has 1 N–H and O–H groups in total. The second-order valence-electron chi connectivity index (χ2n) is 11.7. The summed E-state index contributed by atoms with van der Waals surface area (Å²) in [5.41, 5.74) is -2.26. The van der Waals surface area contributed by atoms with Crippen LogP contribution in [-0.2, 0) is 37.5 Å². The van der Waals surface area contributed by atoms with Crippen molar-refractivity contribution in [2.75, 3.05) is 13.6 Å². The summed E-state index contributed by atoms with van der Waals surface area (Å²) in [6.45, 7) is 8.30. The number of hydrogen-bond acceptors (Lipinski definition) is 9. The van der Waals surface area contributed by atoms with Crippen molar-refractivity contribution in [2.45, 2.75) is 47.2 Å². The van der Waals surface area contributed by atoms with E-state index in [1.54, 1.807) is 71.2 Å². The van der Waals surface area contributed by atoms with Gasteiger partial charge in [0.05, 0.1) is 10.8 Å². The topological polar surface area (TPSA) is 117 Å². The number of benzene rings is 2. The molecule has 0 aliphatic rings. The van der Waals surface area contributed by atoms with E-state index in [1.165, 1.54) is 17.5 Å². The summed E-state index contributed by atoms with van der Waals surface area (Å²) in [6, 6.07) is 10.6. The number of amides is 1. The van der Waals surface area contributed by atoms with Crippen LogP contribution >= 0.6 is 62.4 Å². The molecule has 0 radical (unpaired) electrons. The lowest BCUT2D eigenvalue weighted by molar-refractivity contribution is -0.162. The van der Waals surface area contributed by atoms with Gasteiger partial charge in [-0.2, -0.15) is 0 Å². The molecule has 1 aromatic heterocycles. The van der Waals surface area contributed by atoms with Gasteiger partial charge in [-0.3, -0.25) is 28.0 Å². The van der Waals surface area contributed by atoms with Crippen LogP contribution in [0.25, 0.3) is 16.2 Å². The lowest BCUT2D eigenvalue weighted by Crippen LogP contribution is -2.29. The van der Waals surface area contributed by atoms with E-state index < -0.39 is 55.5 Å². The van der Waals surface area contributed by atoms with Gasteiger partial charge in [0.15, 0.2) is 5.66 Å². The number of thiophene rings is 1. The molecule has 0 aliphatic heterocycles.